The Balaban J connectivity index is 0.000000163. The Morgan fingerprint density at radius 2 is 0.814 bits per heavy atom. The van der Waals surface area contributed by atoms with E-state index in [0.717, 1.165) is 62.1 Å². The van der Waals surface area contributed by atoms with Gasteiger partial charge >= 0.3 is 0 Å². The molecule has 0 aliphatic rings. The van der Waals surface area contributed by atoms with Gasteiger partial charge in [0.15, 0.2) is 8.07 Å². The monoisotopic (exact) mass is 2200 g/mol. The molecule has 12 aromatic carbocycles. The van der Waals surface area contributed by atoms with Gasteiger partial charge in [-0.25, -0.2) is 0 Å². The Bertz CT molecular complexity index is 6060. The van der Waals surface area contributed by atoms with Crippen LogP contribution in [0.2, 0.25) is 0 Å². The van der Waals surface area contributed by atoms with Gasteiger partial charge in [-0.2, -0.15) is 6.07 Å². The van der Waals surface area contributed by atoms with Crippen molar-refractivity contribution in [3.63, 3.8) is 0 Å². The van der Waals surface area contributed by atoms with E-state index in [-0.39, 0.29) is 80.4 Å². The van der Waals surface area contributed by atoms with Gasteiger partial charge in [-0.05, 0) is 178 Å². The Hall–Kier alpha value is -10.5. The summed E-state index contributed by atoms with van der Waals surface area (Å²) >= 11 is 0. The van der Waals surface area contributed by atoms with E-state index < -0.39 is 8.07 Å². The number of aromatic nitrogens is 8. The maximum Gasteiger partial charge on any atom is 0.161 e. The molecule has 5 heterocycles. The van der Waals surface area contributed by atoms with Gasteiger partial charge in [0.1, 0.15) is 5.69 Å². The molecule has 17 rings (SSSR count). The van der Waals surface area contributed by atoms with Gasteiger partial charge in [0.25, 0.3) is 0 Å². The van der Waals surface area contributed by atoms with E-state index in [4.69, 9.17) is 16.5 Å². The molecular formula is C99H85Ir4N9Si-4. The first-order valence-corrected chi connectivity index (χ1v) is 38.8. The fourth-order valence-electron chi connectivity index (χ4n) is 16.2. The predicted molar refractivity (Wildman–Crippen MR) is 455 cm³/mol. The first-order valence-electron chi connectivity index (χ1n) is 36.8. The van der Waals surface area contributed by atoms with Crippen LogP contribution in [0.1, 0.15) is 72.3 Å². The third-order valence-corrected chi connectivity index (χ3v) is 25.1. The van der Waals surface area contributed by atoms with Crippen LogP contribution >= 0.6 is 0 Å². The van der Waals surface area contributed by atoms with Gasteiger partial charge in [0.2, 0.25) is 0 Å². The van der Waals surface area contributed by atoms with E-state index in [1.807, 2.05) is 73.5 Å². The quantitative estimate of drug-likeness (QED) is 0.0529. The standard InChI is InChI=1S/C36H31N2Si.C25H21N2.C19H16N3.C19H17N2.4Ir/c1-27-24-28(2)35(29(3)25-27)38-23-22-37-36(38)30-14-13-21-34(26-30)39(31-15-7-4-8-16-31,32-17-9-5-10-18-32)33-19-11-6-12-20-33;1-15-9-10-20-19-7-5-6-8-21(19)25-26-14-23(27(25)22(20)13-15)24-17(3)11-16(2)12-18(24)4;1-13-10-14(2)18(15(3)11-13)22-9-8-21-19(22)16-6-5-7-17(12-16)20-4;1-4-16-12-14(2)18(15(3)13-16)21-11-10-20-19(21)17-8-6-5-7-9-17;;;;/h4-13,15-26H,1-3H3;5-7,9-14H,1-4H3;5,7-12H,1-3H3;4-8,10-13H,1H2,2-3H3;;;;/q4*-1;;;;. The summed E-state index contributed by atoms with van der Waals surface area (Å²) in [4.78, 5) is 22.1. The number of fused-ring (bicyclic) bond motifs is 6. The molecule has 113 heavy (non-hydrogen) atoms. The molecule has 0 aliphatic carbocycles. The maximum atomic E-state index is 7.16. The third kappa shape index (κ3) is 17.4. The van der Waals surface area contributed by atoms with Crippen molar-refractivity contribution in [3.8, 4) is 62.5 Å². The second kappa shape index (κ2) is 37.4. The van der Waals surface area contributed by atoms with Crippen LogP contribution in [0.25, 0.3) is 101 Å². The van der Waals surface area contributed by atoms with Gasteiger partial charge in [-0.15, -0.1) is 124 Å². The summed E-state index contributed by atoms with van der Waals surface area (Å²) < 4.78 is 8.73. The van der Waals surface area contributed by atoms with E-state index in [9.17, 15) is 0 Å². The molecular weight excluding hydrogens is 2110 g/mol. The minimum Gasteiger partial charge on any atom is -0.340 e. The second-order valence-corrected chi connectivity index (χ2v) is 32.1. The molecule has 0 atom stereocenters. The number of nitrogens with zero attached hydrogens (tertiary/aromatic N) is 9. The van der Waals surface area contributed by atoms with Gasteiger partial charge in [-0.3, -0.25) is 24.8 Å². The summed E-state index contributed by atoms with van der Waals surface area (Å²) in [5, 5.41) is 8.89. The number of benzene rings is 12. The molecule has 570 valence electrons. The average Bonchev–Trinajstić information content (AvgIpc) is 1.72. The van der Waals surface area contributed by atoms with E-state index in [1.165, 1.54) is 121 Å². The summed E-state index contributed by atoms with van der Waals surface area (Å²) in [5.74, 6) is 2.62. The van der Waals surface area contributed by atoms with E-state index in [2.05, 4.69) is 341 Å². The molecule has 0 bridgehead atoms. The van der Waals surface area contributed by atoms with Crippen molar-refractivity contribution >= 4 is 67.9 Å². The van der Waals surface area contributed by atoms with Gasteiger partial charge in [-0.1, -0.05) is 174 Å². The number of hydrogen-bond acceptors (Lipinski definition) is 4. The van der Waals surface area contributed by atoms with Crippen LogP contribution in [-0.4, -0.2) is 46.1 Å². The molecule has 14 heteroatoms. The molecule has 0 aliphatic heterocycles. The molecule has 0 N–H and O–H groups in total. The van der Waals surface area contributed by atoms with E-state index in [0.29, 0.717) is 5.69 Å². The normalized spacial score (nSPS) is 10.8. The minimum atomic E-state index is -2.63. The summed E-state index contributed by atoms with van der Waals surface area (Å²) in [5.41, 5.74) is 27.6. The van der Waals surface area contributed by atoms with Crippen LogP contribution in [0.4, 0.5) is 5.69 Å². The molecule has 0 spiro atoms. The first kappa shape index (κ1) is 85.0. The van der Waals surface area contributed by atoms with Gasteiger partial charge < -0.3 is 18.1 Å². The molecule has 0 saturated carbocycles. The van der Waals surface area contributed by atoms with Crippen molar-refractivity contribution in [3.05, 3.63) is 395 Å². The molecule has 17 aromatic rings. The maximum absolute atomic E-state index is 7.16. The molecule has 0 fully saturated rings. The van der Waals surface area contributed by atoms with E-state index in [1.54, 1.807) is 18.3 Å². The zero-order valence-corrected chi connectivity index (χ0v) is 75.8. The van der Waals surface area contributed by atoms with Crippen molar-refractivity contribution in [1.29, 1.82) is 0 Å². The number of imidazole rings is 4. The van der Waals surface area contributed by atoms with Crippen LogP contribution in [0.15, 0.2) is 287 Å². The average molecular weight is 2200 g/mol. The first-order chi connectivity index (χ1) is 52.9. The van der Waals surface area contributed by atoms with Crippen LogP contribution in [0.3, 0.4) is 0 Å². The fraction of sp³-hybridized carbons (Fsp3) is 0.121. The molecule has 0 amide bonds. The topological polar surface area (TPSA) is 75.1 Å². The smallest absolute Gasteiger partial charge is 0.161 e. The molecule has 0 unspecified atom stereocenters. The molecule has 0 saturated heterocycles. The van der Waals surface area contributed by atoms with Crippen molar-refractivity contribution in [2.75, 3.05) is 0 Å². The van der Waals surface area contributed by atoms with Gasteiger partial charge in [0, 0.05) is 152 Å². The third-order valence-electron chi connectivity index (χ3n) is 20.3. The number of hydrogen-bond donors (Lipinski definition) is 0. The van der Waals surface area contributed by atoms with Crippen molar-refractivity contribution < 1.29 is 80.4 Å². The number of aryl methyl sites for hydroxylation is 12. The summed E-state index contributed by atoms with van der Waals surface area (Å²) in [6, 6.07) is 96.8. The summed E-state index contributed by atoms with van der Waals surface area (Å²) in [6.45, 7) is 36.7. The molecule has 5 aromatic heterocycles. The number of rotatable bonds is 12. The minimum absolute atomic E-state index is 0. The van der Waals surface area contributed by atoms with Crippen LogP contribution in [0.5, 0.6) is 0 Å². The van der Waals surface area contributed by atoms with Crippen LogP contribution < -0.4 is 20.7 Å². The van der Waals surface area contributed by atoms with Crippen molar-refractivity contribution in [2.45, 2.75) is 83.1 Å². The summed E-state index contributed by atoms with van der Waals surface area (Å²) in [7, 11) is -2.63. The molecule has 9 nitrogen and oxygen atoms in total. The Kier molecular flexibility index (Phi) is 28.2. The Labute approximate surface area is 719 Å². The second-order valence-electron chi connectivity index (χ2n) is 28.3. The largest absolute Gasteiger partial charge is 0.340 e. The Morgan fingerprint density at radius 1 is 0.381 bits per heavy atom. The number of pyridine rings is 1. The van der Waals surface area contributed by atoms with Crippen molar-refractivity contribution in [2.24, 2.45) is 0 Å². The fourth-order valence-corrected chi connectivity index (χ4v) is 20.9. The SMILES string of the molecule is C=Cc1cc(C)c(-n2ccnc2-c2[c-]cccc2)c(C)c1.Cc1cc(C)c(-c2cnc3c4[c-]cccc4c4ccc(C)cc4n23)c(C)c1.Cc1cc(C)c(-n2ccnc2-c2[c-]ccc([Si](c3ccccc3)(c3ccccc3)c3ccccc3)c2)c(C)c1.[C-]#[N+]c1cc[c-]c(-c2nccn2-c2c(C)cc(C)cc2C)c1.[Ir].[Ir].[Ir].[Ir]. The molecule has 4 radical (unpaired) electrons. The predicted octanol–water partition coefficient (Wildman–Crippen LogP) is 21.4. The van der Waals surface area contributed by atoms with Crippen LogP contribution in [-0.2, 0) is 80.4 Å². The van der Waals surface area contributed by atoms with Crippen molar-refractivity contribution in [1.82, 2.24) is 38.0 Å². The van der Waals surface area contributed by atoms with Gasteiger partial charge in [0.05, 0.1) is 35.4 Å². The van der Waals surface area contributed by atoms with Crippen LogP contribution in [0, 0.1) is 114 Å². The van der Waals surface area contributed by atoms with E-state index >= 15 is 0 Å². The Morgan fingerprint density at radius 3 is 1.28 bits per heavy atom. The summed E-state index contributed by atoms with van der Waals surface area (Å²) in [6.07, 6.45) is 15.4. The zero-order chi connectivity index (χ0) is 76.0. The zero-order valence-electron chi connectivity index (χ0n) is 65.2.